The van der Waals surface area contributed by atoms with Crippen LogP contribution in [-0.2, 0) is 26.2 Å². The molecule has 0 saturated carbocycles. The maximum Gasteiger partial charge on any atom is 0.244 e. The lowest BCUT2D eigenvalue weighted by atomic mass is 10.1. The summed E-state index contributed by atoms with van der Waals surface area (Å²) in [6, 6.07) is 21.8. The number of hydrogen-bond acceptors (Lipinski definition) is 5. The second-order valence-electron chi connectivity index (χ2n) is 9.53. The minimum Gasteiger partial charge on any atom is -0.457 e. The molecule has 0 spiro atoms. The van der Waals surface area contributed by atoms with Gasteiger partial charge >= 0.3 is 0 Å². The molecule has 3 rings (SSSR count). The van der Waals surface area contributed by atoms with Gasteiger partial charge in [0.2, 0.25) is 21.8 Å². The smallest absolute Gasteiger partial charge is 0.244 e. The fraction of sp³-hybridized carbons (Fsp3) is 0.333. The molecule has 0 unspecified atom stereocenters. The zero-order chi connectivity index (χ0) is 29.3. The summed E-state index contributed by atoms with van der Waals surface area (Å²) < 4.78 is 32.6. The van der Waals surface area contributed by atoms with Gasteiger partial charge < -0.3 is 15.0 Å². The van der Waals surface area contributed by atoms with Gasteiger partial charge in [0.15, 0.2) is 0 Å². The van der Waals surface area contributed by atoms with Crippen LogP contribution in [0.5, 0.6) is 11.5 Å². The molecule has 1 N–H and O–H groups in total. The highest BCUT2D eigenvalue weighted by Crippen LogP contribution is 2.26. The fourth-order valence-corrected chi connectivity index (χ4v) is 5.13. The van der Waals surface area contributed by atoms with Crippen molar-refractivity contribution in [1.82, 2.24) is 10.2 Å². The Morgan fingerprint density at radius 2 is 1.50 bits per heavy atom. The minimum absolute atomic E-state index is 0.0480. The molecule has 0 fully saturated rings. The van der Waals surface area contributed by atoms with Crippen LogP contribution in [0.1, 0.15) is 39.2 Å². The van der Waals surface area contributed by atoms with E-state index in [1.165, 1.54) is 4.90 Å². The summed E-state index contributed by atoms with van der Waals surface area (Å²) in [7, 11) is -3.86. The molecule has 0 heterocycles. The van der Waals surface area contributed by atoms with E-state index in [0.29, 0.717) is 34.2 Å². The van der Waals surface area contributed by atoms with E-state index in [1.54, 1.807) is 48.5 Å². The first kappa shape index (κ1) is 31.0. The van der Waals surface area contributed by atoms with Gasteiger partial charge in [0, 0.05) is 17.6 Å². The number of anilines is 1. The molecule has 0 saturated heterocycles. The van der Waals surface area contributed by atoms with Gasteiger partial charge in [-0.2, -0.15) is 0 Å². The molecule has 2 amide bonds. The van der Waals surface area contributed by atoms with Crippen molar-refractivity contribution in [3.8, 4) is 11.5 Å². The number of nitrogens with zero attached hydrogens (tertiary/aromatic N) is 2. The summed E-state index contributed by atoms with van der Waals surface area (Å²) in [4.78, 5) is 28.5. The van der Waals surface area contributed by atoms with Crippen LogP contribution in [0.2, 0.25) is 5.02 Å². The zero-order valence-electron chi connectivity index (χ0n) is 23.2. The van der Waals surface area contributed by atoms with E-state index in [2.05, 4.69) is 5.32 Å². The van der Waals surface area contributed by atoms with E-state index in [0.717, 1.165) is 17.0 Å². The average molecular weight is 586 g/mol. The van der Waals surface area contributed by atoms with E-state index in [9.17, 15) is 18.0 Å². The second-order valence-corrected chi connectivity index (χ2v) is 11.8. The molecule has 10 heteroatoms. The van der Waals surface area contributed by atoms with Crippen molar-refractivity contribution < 1.29 is 22.7 Å². The molecule has 8 nitrogen and oxygen atoms in total. The van der Waals surface area contributed by atoms with Crippen molar-refractivity contribution in [2.45, 2.75) is 52.2 Å². The van der Waals surface area contributed by atoms with Gasteiger partial charge in [-0.1, -0.05) is 61.8 Å². The number of rotatable bonds is 13. The first-order chi connectivity index (χ1) is 19.0. The lowest BCUT2D eigenvalue weighted by Crippen LogP contribution is -2.53. The van der Waals surface area contributed by atoms with Gasteiger partial charge in [-0.05, 0) is 67.8 Å². The predicted molar refractivity (Wildman–Crippen MR) is 159 cm³/mol. The second kappa shape index (κ2) is 14.2. The zero-order valence-corrected chi connectivity index (χ0v) is 24.8. The molecular weight excluding hydrogens is 550 g/mol. The van der Waals surface area contributed by atoms with Gasteiger partial charge in [-0.3, -0.25) is 13.9 Å². The molecule has 0 aliphatic rings. The third-order valence-corrected chi connectivity index (χ3v) is 7.98. The standard InChI is InChI=1S/C30H36ClN3O5S/c1-5-22(3)32-30(36)28(6-2)33(20-23-12-10-11-15-27(23)31)29(35)21-34(40(4,37)38)24-16-18-26(19-17-24)39-25-13-8-7-9-14-25/h7-19,22,28H,5-6,20-21H2,1-4H3,(H,32,36)/t22-,28+/m0/s1. The first-order valence-corrected chi connectivity index (χ1v) is 15.4. The summed E-state index contributed by atoms with van der Waals surface area (Å²) in [6.45, 7) is 5.22. The first-order valence-electron chi connectivity index (χ1n) is 13.2. The normalized spacial score (nSPS) is 12.7. The molecule has 2 atom stereocenters. The molecule has 0 bridgehead atoms. The van der Waals surface area contributed by atoms with Crippen LogP contribution in [0, 0.1) is 0 Å². The maximum atomic E-state index is 13.8. The summed E-state index contributed by atoms with van der Waals surface area (Å²) in [5, 5.41) is 3.40. The third kappa shape index (κ3) is 8.47. The fourth-order valence-electron chi connectivity index (χ4n) is 4.09. The number of sulfonamides is 1. The molecule has 214 valence electrons. The average Bonchev–Trinajstić information content (AvgIpc) is 2.93. The molecule has 40 heavy (non-hydrogen) atoms. The van der Waals surface area contributed by atoms with Crippen molar-refractivity contribution in [3.05, 3.63) is 89.4 Å². The molecule has 0 radical (unpaired) electrons. The van der Waals surface area contributed by atoms with Gasteiger partial charge in [0.1, 0.15) is 24.1 Å². The van der Waals surface area contributed by atoms with Crippen molar-refractivity contribution in [2.24, 2.45) is 0 Å². The quantitative estimate of drug-likeness (QED) is 0.281. The van der Waals surface area contributed by atoms with Crippen LogP contribution in [0.25, 0.3) is 0 Å². The van der Waals surface area contributed by atoms with E-state index in [4.69, 9.17) is 16.3 Å². The highest BCUT2D eigenvalue weighted by atomic mass is 35.5. The Balaban J connectivity index is 1.90. The van der Waals surface area contributed by atoms with Crippen molar-refractivity contribution in [2.75, 3.05) is 17.1 Å². The monoisotopic (exact) mass is 585 g/mol. The highest BCUT2D eigenvalue weighted by Gasteiger charge is 2.32. The maximum absolute atomic E-state index is 13.8. The Morgan fingerprint density at radius 3 is 2.08 bits per heavy atom. The Labute approximate surface area is 241 Å². The molecular formula is C30H36ClN3O5S. The number of hydrogen-bond donors (Lipinski definition) is 1. The summed E-state index contributed by atoms with van der Waals surface area (Å²) in [5.74, 6) is 0.330. The number of carbonyl (C=O) groups excluding carboxylic acids is 2. The molecule has 0 aliphatic heterocycles. The Hall–Kier alpha value is -3.56. The summed E-state index contributed by atoms with van der Waals surface area (Å²) in [5.41, 5.74) is 0.951. The summed E-state index contributed by atoms with van der Waals surface area (Å²) in [6.07, 6.45) is 2.11. The van der Waals surface area contributed by atoms with Crippen molar-refractivity contribution >= 4 is 39.1 Å². The number of amides is 2. The Kier molecular flexibility index (Phi) is 11.0. The van der Waals surface area contributed by atoms with Crippen LogP contribution in [-0.4, -0.2) is 50.0 Å². The topological polar surface area (TPSA) is 96.0 Å². The Bertz CT molecular complexity index is 1380. The predicted octanol–water partition coefficient (Wildman–Crippen LogP) is 5.62. The van der Waals surface area contributed by atoms with Crippen LogP contribution in [0.4, 0.5) is 5.69 Å². The van der Waals surface area contributed by atoms with Crippen LogP contribution in [0.15, 0.2) is 78.9 Å². The van der Waals surface area contributed by atoms with E-state index >= 15 is 0 Å². The minimum atomic E-state index is -3.86. The lowest BCUT2D eigenvalue weighted by molar-refractivity contribution is -0.140. The highest BCUT2D eigenvalue weighted by molar-refractivity contribution is 7.92. The summed E-state index contributed by atoms with van der Waals surface area (Å²) >= 11 is 6.40. The largest absolute Gasteiger partial charge is 0.457 e. The number of halogens is 1. The van der Waals surface area contributed by atoms with E-state index in [1.807, 2.05) is 51.1 Å². The van der Waals surface area contributed by atoms with Crippen LogP contribution >= 0.6 is 11.6 Å². The van der Waals surface area contributed by atoms with E-state index < -0.39 is 28.5 Å². The van der Waals surface area contributed by atoms with Crippen LogP contribution < -0.4 is 14.4 Å². The number of nitrogens with one attached hydrogen (secondary N) is 1. The van der Waals surface area contributed by atoms with Crippen molar-refractivity contribution in [3.63, 3.8) is 0 Å². The third-order valence-electron chi connectivity index (χ3n) is 6.47. The molecule has 0 aliphatic carbocycles. The van der Waals surface area contributed by atoms with Gasteiger partial charge in [-0.15, -0.1) is 0 Å². The number of para-hydroxylation sites is 1. The van der Waals surface area contributed by atoms with Gasteiger partial charge in [0.25, 0.3) is 0 Å². The van der Waals surface area contributed by atoms with E-state index in [-0.39, 0.29) is 18.5 Å². The molecule has 0 aromatic heterocycles. The Morgan fingerprint density at radius 1 is 0.900 bits per heavy atom. The number of ether oxygens (including phenoxy) is 1. The lowest BCUT2D eigenvalue weighted by Gasteiger charge is -2.33. The van der Waals surface area contributed by atoms with Crippen molar-refractivity contribution in [1.29, 1.82) is 0 Å². The molecule has 3 aromatic carbocycles. The van der Waals surface area contributed by atoms with Crippen LogP contribution in [0.3, 0.4) is 0 Å². The SMILES string of the molecule is CC[C@H](C(=O)N[C@@H](C)CC)N(Cc1ccccc1Cl)C(=O)CN(c1ccc(Oc2ccccc2)cc1)S(C)(=O)=O. The van der Waals surface area contributed by atoms with Gasteiger partial charge in [0.05, 0.1) is 11.9 Å². The number of benzene rings is 3. The number of carbonyl (C=O) groups is 2. The van der Waals surface area contributed by atoms with Gasteiger partial charge in [-0.25, -0.2) is 8.42 Å². The molecule has 3 aromatic rings.